The molecule has 1 nitrogen and oxygen atoms in total. The summed E-state index contributed by atoms with van der Waals surface area (Å²) in [6.45, 7) is 6.61. The van der Waals surface area contributed by atoms with Crippen LogP contribution in [0.4, 0.5) is 13.2 Å². The van der Waals surface area contributed by atoms with Gasteiger partial charge in [-0.1, -0.05) is 56.0 Å². The zero-order valence-corrected chi connectivity index (χ0v) is 10.9. The molecule has 0 bridgehead atoms. The summed E-state index contributed by atoms with van der Waals surface area (Å²) in [5, 5.41) is 0. The van der Waals surface area contributed by atoms with E-state index >= 15 is 0 Å². The summed E-state index contributed by atoms with van der Waals surface area (Å²) in [7, 11) is 0. The van der Waals surface area contributed by atoms with Crippen LogP contribution in [0.2, 0.25) is 0 Å². The zero-order valence-electron chi connectivity index (χ0n) is 10.9. The van der Waals surface area contributed by atoms with Crippen molar-refractivity contribution in [3.05, 3.63) is 60.3 Å². The van der Waals surface area contributed by atoms with Crippen molar-refractivity contribution in [2.75, 3.05) is 0 Å². The average molecular weight is 270 g/mol. The van der Waals surface area contributed by atoms with Gasteiger partial charge in [0.2, 0.25) is 0 Å². The third-order valence-corrected chi connectivity index (χ3v) is 2.14. The predicted octanol–water partition coefficient (Wildman–Crippen LogP) is 4.55. The van der Waals surface area contributed by atoms with E-state index in [1.54, 1.807) is 32.1 Å². The number of carbonyl (C=O) groups is 1. The molecule has 1 unspecified atom stereocenters. The van der Waals surface area contributed by atoms with E-state index in [0.717, 1.165) is 18.4 Å². The lowest BCUT2D eigenvalue weighted by Crippen LogP contribution is -2.09. The number of carbonyl (C=O) groups excluding carboxylic acids is 1. The van der Waals surface area contributed by atoms with Crippen molar-refractivity contribution in [3.63, 3.8) is 0 Å². The number of aldehydes is 1. The summed E-state index contributed by atoms with van der Waals surface area (Å²) < 4.78 is 37.2. The molecule has 4 heteroatoms. The molecular weight excluding hydrogens is 253 g/mol. The van der Waals surface area contributed by atoms with Gasteiger partial charge in [-0.15, -0.1) is 0 Å². The maximum Gasteiger partial charge on any atom is 0.416 e. The lowest BCUT2D eigenvalue weighted by atomic mass is 10.1. The Morgan fingerprint density at radius 2 is 1.89 bits per heavy atom. The van der Waals surface area contributed by atoms with Gasteiger partial charge in [0.15, 0.2) is 0 Å². The molecule has 104 valence electrons. The summed E-state index contributed by atoms with van der Waals surface area (Å²) in [5.74, 6) is -0.290. The molecule has 0 aromatic heterocycles. The van der Waals surface area contributed by atoms with Crippen LogP contribution in [0.15, 0.2) is 60.3 Å². The van der Waals surface area contributed by atoms with Crippen LogP contribution in [-0.4, -0.2) is 12.5 Å². The summed E-state index contributed by atoms with van der Waals surface area (Å²) >= 11 is 0. The van der Waals surface area contributed by atoms with Crippen molar-refractivity contribution in [1.82, 2.24) is 0 Å². The highest BCUT2D eigenvalue weighted by atomic mass is 19.4. The van der Waals surface area contributed by atoms with Crippen LogP contribution >= 0.6 is 0 Å². The smallest absolute Gasteiger partial charge is 0.303 e. The maximum atomic E-state index is 12.4. The Kier molecular flexibility index (Phi) is 7.49. The molecule has 0 saturated carbocycles. The monoisotopic (exact) mass is 270 g/mol. The highest BCUT2D eigenvalue weighted by Gasteiger charge is 2.30. The minimum atomic E-state index is -4.41. The van der Waals surface area contributed by atoms with Gasteiger partial charge in [0, 0.05) is 5.92 Å². The Labute approximate surface area is 111 Å². The molecule has 0 aliphatic carbocycles. The molecule has 0 aliphatic heterocycles. The second-order valence-corrected chi connectivity index (χ2v) is 3.84. The van der Waals surface area contributed by atoms with E-state index in [0.29, 0.717) is 5.57 Å². The Morgan fingerprint density at radius 3 is 2.32 bits per heavy atom. The standard InChI is InChI=1S/C15H17F3O/c1-4-7-13(10-12(3)11-19)8-6-9-14(5-2)15(16,17)18/h4-12H,2H2,1,3H3/b7-4-,8-6+,13-10+,14-9+. The van der Waals surface area contributed by atoms with Gasteiger partial charge in [0.1, 0.15) is 6.29 Å². The Morgan fingerprint density at radius 1 is 1.26 bits per heavy atom. The topological polar surface area (TPSA) is 17.1 Å². The molecule has 0 amide bonds. The van der Waals surface area contributed by atoms with E-state index in [1.165, 1.54) is 12.2 Å². The van der Waals surface area contributed by atoms with Crippen molar-refractivity contribution < 1.29 is 18.0 Å². The van der Waals surface area contributed by atoms with Crippen molar-refractivity contribution in [2.24, 2.45) is 5.92 Å². The largest absolute Gasteiger partial charge is 0.416 e. The van der Waals surface area contributed by atoms with E-state index in [4.69, 9.17) is 0 Å². The number of allylic oxidation sites excluding steroid dienone is 9. The number of rotatable bonds is 6. The molecular formula is C15H17F3O. The first kappa shape index (κ1) is 17.2. The third kappa shape index (κ3) is 7.24. The number of hydrogen-bond acceptors (Lipinski definition) is 1. The van der Waals surface area contributed by atoms with Crippen molar-refractivity contribution in [3.8, 4) is 0 Å². The van der Waals surface area contributed by atoms with Gasteiger partial charge in [0.05, 0.1) is 5.57 Å². The SMILES string of the molecule is C=C\C(=C/C=C/C(/C=C\C)=C/C(C)C=O)C(F)(F)F. The first-order valence-corrected chi connectivity index (χ1v) is 5.73. The molecule has 0 fully saturated rings. The molecule has 1 atom stereocenters. The molecule has 0 N–H and O–H groups in total. The average Bonchev–Trinajstić information content (AvgIpc) is 2.32. The number of alkyl halides is 3. The highest BCUT2D eigenvalue weighted by molar-refractivity contribution is 5.57. The summed E-state index contributed by atoms with van der Waals surface area (Å²) in [5.41, 5.74) is -0.143. The van der Waals surface area contributed by atoms with Crippen molar-refractivity contribution in [2.45, 2.75) is 20.0 Å². The lowest BCUT2D eigenvalue weighted by molar-refractivity contribution is -0.109. The summed E-state index contributed by atoms with van der Waals surface area (Å²) in [6.07, 6.45) is 5.97. The minimum absolute atomic E-state index is 0.290. The second-order valence-electron chi connectivity index (χ2n) is 3.84. The second kappa shape index (κ2) is 8.29. The normalized spacial score (nSPS) is 16.1. The van der Waals surface area contributed by atoms with Gasteiger partial charge in [-0.3, -0.25) is 0 Å². The number of halogens is 3. The van der Waals surface area contributed by atoms with E-state index in [9.17, 15) is 18.0 Å². The minimum Gasteiger partial charge on any atom is -0.303 e. The van der Waals surface area contributed by atoms with Crippen LogP contribution in [0.25, 0.3) is 0 Å². The Bertz CT molecular complexity index is 423. The summed E-state index contributed by atoms with van der Waals surface area (Å²) in [4.78, 5) is 10.5. The number of hydrogen-bond donors (Lipinski definition) is 0. The van der Waals surface area contributed by atoms with Crippen LogP contribution in [0.5, 0.6) is 0 Å². The van der Waals surface area contributed by atoms with Gasteiger partial charge in [-0.05, 0) is 12.5 Å². The lowest BCUT2D eigenvalue weighted by Gasteiger charge is -2.05. The van der Waals surface area contributed by atoms with Gasteiger partial charge < -0.3 is 4.79 Å². The zero-order chi connectivity index (χ0) is 14.9. The van der Waals surface area contributed by atoms with E-state index < -0.39 is 11.7 Å². The van der Waals surface area contributed by atoms with E-state index in [2.05, 4.69) is 6.58 Å². The molecule has 0 aromatic rings. The van der Waals surface area contributed by atoms with Crippen LogP contribution in [0.1, 0.15) is 13.8 Å². The first-order chi connectivity index (χ1) is 8.85. The molecule has 0 spiro atoms. The van der Waals surface area contributed by atoms with E-state index in [1.807, 2.05) is 0 Å². The maximum absolute atomic E-state index is 12.4. The first-order valence-electron chi connectivity index (χ1n) is 5.73. The third-order valence-electron chi connectivity index (χ3n) is 2.14. The summed E-state index contributed by atoms with van der Waals surface area (Å²) in [6, 6.07) is 0. The van der Waals surface area contributed by atoms with Gasteiger partial charge in [-0.2, -0.15) is 13.2 Å². The van der Waals surface area contributed by atoms with Gasteiger partial charge >= 0.3 is 6.18 Å². The molecule has 0 aliphatic rings. The molecule has 0 heterocycles. The Hall–Kier alpha value is -1.84. The van der Waals surface area contributed by atoms with Gasteiger partial charge in [0.25, 0.3) is 0 Å². The quantitative estimate of drug-likeness (QED) is 0.511. The van der Waals surface area contributed by atoms with Crippen LogP contribution in [0, 0.1) is 5.92 Å². The molecule has 0 rings (SSSR count). The fraction of sp³-hybridized carbons (Fsp3) is 0.267. The fourth-order valence-corrected chi connectivity index (χ4v) is 1.24. The van der Waals surface area contributed by atoms with Crippen LogP contribution < -0.4 is 0 Å². The molecule has 0 aromatic carbocycles. The predicted molar refractivity (Wildman–Crippen MR) is 71.6 cm³/mol. The van der Waals surface area contributed by atoms with Crippen molar-refractivity contribution in [1.29, 1.82) is 0 Å². The van der Waals surface area contributed by atoms with E-state index in [-0.39, 0.29) is 5.92 Å². The fourth-order valence-electron chi connectivity index (χ4n) is 1.24. The van der Waals surface area contributed by atoms with Crippen LogP contribution in [0.3, 0.4) is 0 Å². The molecule has 19 heavy (non-hydrogen) atoms. The molecule has 0 radical (unpaired) electrons. The highest BCUT2D eigenvalue weighted by Crippen LogP contribution is 2.26. The molecule has 0 saturated heterocycles. The van der Waals surface area contributed by atoms with Crippen LogP contribution in [-0.2, 0) is 4.79 Å². The Balaban J connectivity index is 5.11. The van der Waals surface area contributed by atoms with Gasteiger partial charge in [-0.25, -0.2) is 0 Å². The van der Waals surface area contributed by atoms with Crippen molar-refractivity contribution >= 4 is 6.29 Å².